The minimum atomic E-state index is -7.16. The zero-order valence-corrected chi connectivity index (χ0v) is 14.9. The molecule has 0 aliphatic heterocycles. The molecule has 0 bridgehead atoms. The van der Waals surface area contributed by atoms with Crippen molar-refractivity contribution >= 4 is 47.8 Å². The molecule has 0 aromatic rings. The number of nitriles is 1. The van der Waals surface area contributed by atoms with Gasteiger partial charge in [0.1, 0.15) is 6.07 Å². The highest BCUT2D eigenvalue weighted by Crippen LogP contribution is 2.65. The molecule has 0 fully saturated rings. The van der Waals surface area contributed by atoms with Gasteiger partial charge in [0.05, 0.1) is 0 Å². The van der Waals surface area contributed by atoms with Crippen LogP contribution >= 0.6 is 47.8 Å². The fraction of sp³-hybridized carbons (Fsp3) is 0.875. The maximum absolute atomic E-state index is 13.7. The first kappa shape index (κ1) is 24.1. The minimum absolute atomic E-state index is 0.432. The summed E-state index contributed by atoms with van der Waals surface area (Å²) in [5.41, 5.74) is 0. The van der Waals surface area contributed by atoms with Crippen LogP contribution in [0.5, 0.6) is 0 Å². The monoisotopic (exact) mass is 575 g/mol. The Kier molecular flexibility index (Phi) is 6.09. The van der Waals surface area contributed by atoms with Gasteiger partial charge in [-0.25, -0.2) is 8.78 Å². The highest BCUT2D eigenvalue weighted by molar-refractivity contribution is 9.10. The van der Waals surface area contributed by atoms with Crippen LogP contribution in [0.1, 0.15) is 0 Å². The van der Waals surface area contributed by atoms with Crippen molar-refractivity contribution in [2.75, 3.05) is 0 Å². The van der Waals surface area contributed by atoms with Gasteiger partial charge in [0.25, 0.3) is 0 Å². The molecule has 2 atom stereocenters. The lowest BCUT2D eigenvalue weighted by Gasteiger charge is -2.43. The summed E-state index contributed by atoms with van der Waals surface area (Å²) >= 11 is 2.09. The molecular weight excluding hydrogens is 578 g/mol. The van der Waals surface area contributed by atoms with E-state index in [9.17, 15) is 52.7 Å². The third-order valence-electron chi connectivity index (χ3n) is 2.47. The van der Waals surface area contributed by atoms with Crippen molar-refractivity contribution < 1.29 is 52.7 Å². The van der Waals surface area contributed by atoms with Gasteiger partial charge >= 0.3 is 37.7 Å². The van der Waals surface area contributed by atoms with Gasteiger partial charge in [-0.05, 0) is 47.8 Å². The van der Waals surface area contributed by atoms with Gasteiger partial charge < -0.3 is 0 Å². The first-order valence-electron chi connectivity index (χ1n) is 4.81. The first-order valence-corrected chi connectivity index (χ1v) is 7.19. The standard InChI is InChI=1S/C8Br3F12N/c9-3(14,2(12,13)1-24)5(16,17)4(10,15)6(18,19)7(20,21)8(11,22)23/t3-,4-/m0/s1. The van der Waals surface area contributed by atoms with Crippen LogP contribution in [0.4, 0.5) is 52.7 Å². The Morgan fingerprint density at radius 2 is 0.875 bits per heavy atom. The van der Waals surface area contributed by atoms with Crippen LogP contribution in [0, 0.1) is 11.3 Å². The zero-order chi connectivity index (χ0) is 20.2. The number of halogens is 15. The highest BCUT2D eigenvalue weighted by atomic mass is 79.9. The van der Waals surface area contributed by atoms with Crippen molar-refractivity contribution in [3.05, 3.63) is 0 Å². The Morgan fingerprint density at radius 3 is 1.12 bits per heavy atom. The predicted octanol–water partition coefficient (Wildman–Crippen LogP) is 6.16. The van der Waals surface area contributed by atoms with Crippen molar-refractivity contribution in [3.8, 4) is 6.07 Å². The Morgan fingerprint density at radius 1 is 0.542 bits per heavy atom. The van der Waals surface area contributed by atoms with Gasteiger partial charge in [-0.1, -0.05) is 0 Å². The number of hydrogen-bond acceptors (Lipinski definition) is 1. The second kappa shape index (κ2) is 6.07. The number of hydrogen-bond donors (Lipinski definition) is 0. The Hall–Kier alpha value is 0.0900. The van der Waals surface area contributed by atoms with Gasteiger partial charge in [-0.15, -0.1) is 0 Å². The summed E-state index contributed by atoms with van der Waals surface area (Å²) in [6.45, 7) is 0. The smallest absolute Gasteiger partial charge is 0.217 e. The minimum Gasteiger partial charge on any atom is -0.217 e. The topological polar surface area (TPSA) is 23.8 Å². The molecule has 142 valence electrons. The van der Waals surface area contributed by atoms with Crippen LogP contribution in [-0.2, 0) is 0 Å². The molecule has 0 amide bonds. The molecular formula is C8Br3F12N. The quantitative estimate of drug-likeness (QED) is 0.274. The summed E-state index contributed by atoms with van der Waals surface area (Å²) < 4.78 is 145. The van der Waals surface area contributed by atoms with E-state index in [2.05, 4.69) is 0 Å². The predicted molar refractivity (Wildman–Crippen MR) is 64.8 cm³/mol. The summed E-state index contributed by atoms with van der Waals surface area (Å²) in [6.07, 6.45) is 0. The molecule has 0 aliphatic rings. The molecule has 0 saturated carbocycles. The number of nitrogens with zero attached hydrogens (tertiary/aromatic N) is 1. The average molecular weight is 578 g/mol. The second-order valence-electron chi connectivity index (χ2n) is 4.06. The zero-order valence-electron chi connectivity index (χ0n) is 10.1. The summed E-state index contributed by atoms with van der Waals surface area (Å²) in [7, 11) is 0. The van der Waals surface area contributed by atoms with E-state index in [0.717, 1.165) is 15.9 Å². The molecule has 16 heteroatoms. The largest absolute Gasteiger partial charge is 0.386 e. The van der Waals surface area contributed by atoms with Crippen LogP contribution in [0.25, 0.3) is 0 Å². The van der Waals surface area contributed by atoms with Gasteiger partial charge in [0.2, 0.25) is 0 Å². The Balaban J connectivity index is 6.48. The lowest BCUT2D eigenvalue weighted by Crippen LogP contribution is -2.71. The third-order valence-corrected chi connectivity index (χ3v) is 4.96. The summed E-state index contributed by atoms with van der Waals surface area (Å²) in [4.78, 5) is -6.01. The molecule has 0 aliphatic carbocycles. The lowest BCUT2D eigenvalue weighted by molar-refractivity contribution is -0.340. The van der Waals surface area contributed by atoms with Gasteiger partial charge in [0, 0.05) is 0 Å². The SMILES string of the molecule is N#CC(F)(F)[C@@](F)(Br)C(F)(F)[C@@](F)(Br)C(F)(F)C(F)(F)C(F)(F)Br. The van der Waals surface area contributed by atoms with Crippen molar-refractivity contribution in [2.24, 2.45) is 0 Å². The Labute approximate surface area is 149 Å². The normalized spacial score (nSPS) is 20.1. The fourth-order valence-corrected chi connectivity index (χ4v) is 2.44. The van der Waals surface area contributed by atoms with E-state index in [0.29, 0.717) is 31.9 Å². The molecule has 0 radical (unpaired) electrons. The average Bonchev–Trinajstić information content (AvgIpc) is 2.36. The molecule has 0 spiro atoms. The summed E-state index contributed by atoms with van der Waals surface area (Å²) in [6, 6.07) is -0.432. The number of rotatable bonds is 6. The van der Waals surface area contributed by atoms with Crippen molar-refractivity contribution in [2.45, 2.75) is 37.7 Å². The third kappa shape index (κ3) is 3.01. The highest BCUT2D eigenvalue weighted by Gasteiger charge is 2.89. The van der Waals surface area contributed by atoms with E-state index < -0.39 is 43.7 Å². The van der Waals surface area contributed by atoms with E-state index >= 15 is 0 Å². The second-order valence-corrected chi connectivity index (χ2v) is 7.24. The van der Waals surface area contributed by atoms with Crippen molar-refractivity contribution in [1.82, 2.24) is 0 Å². The molecule has 0 heterocycles. The summed E-state index contributed by atoms with van der Waals surface area (Å²) in [5, 5.41) is 7.85. The maximum Gasteiger partial charge on any atom is 0.386 e. The number of alkyl halides is 15. The first-order chi connectivity index (χ1) is 10.1. The van der Waals surface area contributed by atoms with Crippen LogP contribution in [-0.4, -0.2) is 37.7 Å². The van der Waals surface area contributed by atoms with Crippen molar-refractivity contribution in [1.29, 1.82) is 5.26 Å². The van der Waals surface area contributed by atoms with E-state index in [1.807, 2.05) is 0 Å². The molecule has 24 heavy (non-hydrogen) atoms. The van der Waals surface area contributed by atoms with Crippen molar-refractivity contribution in [3.63, 3.8) is 0 Å². The molecule has 0 aromatic heterocycles. The van der Waals surface area contributed by atoms with Crippen LogP contribution in [0.15, 0.2) is 0 Å². The Bertz CT molecular complexity index is 531. The van der Waals surface area contributed by atoms with E-state index in [4.69, 9.17) is 5.26 Å². The van der Waals surface area contributed by atoms with E-state index in [1.165, 1.54) is 0 Å². The molecule has 0 saturated heterocycles. The molecule has 1 nitrogen and oxygen atoms in total. The molecule has 0 aromatic carbocycles. The van der Waals surface area contributed by atoms with Gasteiger partial charge in [-0.3, -0.25) is 0 Å². The van der Waals surface area contributed by atoms with Crippen LogP contribution in [0.3, 0.4) is 0 Å². The molecule has 0 rings (SSSR count). The maximum atomic E-state index is 13.7. The fourth-order valence-electron chi connectivity index (χ4n) is 1.04. The van der Waals surface area contributed by atoms with E-state index in [1.54, 1.807) is 0 Å². The lowest BCUT2D eigenvalue weighted by atomic mass is 9.95. The van der Waals surface area contributed by atoms with Crippen LogP contribution < -0.4 is 0 Å². The van der Waals surface area contributed by atoms with Crippen LogP contribution in [0.2, 0.25) is 0 Å². The van der Waals surface area contributed by atoms with Gasteiger partial charge in [-0.2, -0.15) is 49.2 Å². The summed E-state index contributed by atoms with van der Waals surface area (Å²) in [5.74, 6) is -26.9. The molecule has 0 N–H and O–H groups in total. The van der Waals surface area contributed by atoms with Gasteiger partial charge in [0.15, 0.2) is 0 Å². The van der Waals surface area contributed by atoms with E-state index in [-0.39, 0.29) is 0 Å². The molecule has 0 unspecified atom stereocenters.